The minimum atomic E-state index is -0.104. The van der Waals surface area contributed by atoms with Crippen LogP contribution in [0, 0.1) is 5.92 Å². The Hall–Kier alpha value is -0.0800. The van der Waals surface area contributed by atoms with Crippen molar-refractivity contribution in [2.45, 2.75) is 38.1 Å². The van der Waals surface area contributed by atoms with E-state index in [2.05, 4.69) is 0 Å². The van der Waals surface area contributed by atoms with Gasteiger partial charge in [0.25, 0.3) is 0 Å². The molecule has 1 rings (SSSR count). The van der Waals surface area contributed by atoms with Gasteiger partial charge in [-0.3, -0.25) is 0 Å². The summed E-state index contributed by atoms with van der Waals surface area (Å²) in [6, 6.07) is 0. The van der Waals surface area contributed by atoms with Crippen molar-refractivity contribution in [3.63, 3.8) is 0 Å². The quantitative estimate of drug-likeness (QED) is 0.572. The first-order chi connectivity index (χ1) is 4.67. The fourth-order valence-corrected chi connectivity index (χ4v) is 1.73. The molecule has 0 aromatic rings. The Kier molecular flexibility index (Phi) is 2.32. The van der Waals surface area contributed by atoms with Crippen LogP contribution in [0.15, 0.2) is 0 Å². The van der Waals surface area contributed by atoms with Crippen molar-refractivity contribution in [1.29, 1.82) is 0 Å². The van der Waals surface area contributed by atoms with E-state index in [9.17, 15) is 0 Å². The van der Waals surface area contributed by atoms with Crippen molar-refractivity contribution in [2.75, 3.05) is 6.61 Å². The molecule has 3 N–H and O–H groups in total. The lowest BCUT2D eigenvalue weighted by atomic mass is 9.75. The van der Waals surface area contributed by atoms with Crippen molar-refractivity contribution in [2.24, 2.45) is 11.7 Å². The maximum atomic E-state index is 8.95. The Bertz CT molecular complexity index is 112. The van der Waals surface area contributed by atoms with Gasteiger partial charge >= 0.3 is 0 Å². The van der Waals surface area contributed by atoms with Gasteiger partial charge in [-0.25, -0.2) is 0 Å². The lowest BCUT2D eigenvalue weighted by Crippen LogP contribution is -2.47. The van der Waals surface area contributed by atoms with Gasteiger partial charge in [0.1, 0.15) is 0 Å². The highest BCUT2D eigenvalue weighted by atomic mass is 16.3. The first kappa shape index (κ1) is 8.02. The molecule has 0 aromatic heterocycles. The highest BCUT2D eigenvalue weighted by Crippen LogP contribution is 2.30. The van der Waals surface area contributed by atoms with Gasteiger partial charge in [0.2, 0.25) is 0 Å². The fraction of sp³-hybridized carbons (Fsp3) is 1.00. The van der Waals surface area contributed by atoms with Crippen LogP contribution in [0.4, 0.5) is 0 Å². The van der Waals surface area contributed by atoms with Crippen molar-refractivity contribution in [3.05, 3.63) is 0 Å². The lowest BCUT2D eigenvalue weighted by Gasteiger charge is -2.37. The molecule has 1 saturated carbocycles. The first-order valence-corrected chi connectivity index (χ1v) is 4.06. The molecule has 1 aliphatic carbocycles. The highest BCUT2D eigenvalue weighted by Gasteiger charge is 2.31. The predicted molar refractivity (Wildman–Crippen MR) is 41.6 cm³/mol. The molecule has 10 heavy (non-hydrogen) atoms. The molecule has 0 radical (unpaired) electrons. The van der Waals surface area contributed by atoms with E-state index in [1.807, 2.05) is 6.92 Å². The van der Waals surface area contributed by atoms with Crippen molar-refractivity contribution < 1.29 is 5.11 Å². The van der Waals surface area contributed by atoms with Crippen LogP contribution in [0.5, 0.6) is 0 Å². The zero-order valence-corrected chi connectivity index (χ0v) is 6.64. The third kappa shape index (κ3) is 1.50. The first-order valence-electron chi connectivity index (χ1n) is 4.06. The van der Waals surface area contributed by atoms with Crippen molar-refractivity contribution >= 4 is 0 Å². The molecular formula is C8H17NO. The van der Waals surface area contributed by atoms with Crippen molar-refractivity contribution in [3.8, 4) is 0 Å². The molecule has 0 unspecified atom stereocenters. The maximum Gasteiger partial charge on any atom is 0.0476 e. The van der Waals surface area contributed by atoms with Crippen LogP contribution < -0.4 is 5.73 Å². The number of rotatable bonds is 1. The molecule has 0 amide bonds. The summed E-state index contributed by atoms with van der Waals surface area (Å²) in [5.41, 5.74) is 5.87. The monoisotopic (exact) mass is 143 g/mol. The van der Waals surface area contributed by atoms with E-state index in [4.69, 9.17) is 10.8 Å². The van der Waals surface area contributed by atoms with Gasteiger partial charge in [0, 0.05) is 12.1 Å². The van der Waals surface area contributed by atoms with Crippen molar-refractivity contribution in [1.82, 2.24) is 0 Å². The molecule has 0 aliphatic heterocycles. The minimum absolute atomic E-state index is 0.104. The predicted octanol–water partition coefficient (Wildman–Crippen LogP) is 0.886. The van der Waals surface area contributed by atoms with E-state index in [0.717, 1.165) is 12.8 Å². The standard InChI is InChI=1S/C8H17NO/c1-8(9)5-3-2-4-7(8)6-10/h7,10H,2-6,9H2,1H3/t7-,8+/m1/s1. The number of hydrogen-bond donors (Lipinski definition) is 2. The molecular weight excluding hydrogens is 126 g/mol. The van der Waals surface area contributed by atoms with E-state index in [-0.39, 0.29) is 12.1 Å². The van der Waals surface area contributed by atoms with Crippen LogP contribution >= 0.6 is 0 Å². The van der Waals surface area contributed by atoms with E-state index < -0.39 is 0 Å². The SMILES string of the molecule is C[C@]1(N)CCCC[C@@H]1CO. The molecule has 0 heterocycles. The Morgan fingerprint density at radius 2 is 2.30 bits per heavy atom. The Balaban J connectivity index is 2.51. The zero-order chi connectivity index (χ0) is 7.61. The number of aliphatic hydroxyl groups is 1. The van der Waals surface area contributed by atoms with E-state index in [1.165, 1.54) is 12.8 Å². The summed E-state index contributed by atoms with van der Waals surface area (Å²) in [6.07, 6.45) is 4.63. The molecule has 2 atom stereocenters. The molecule has 1 aliphatic rings. The molecule has 2 heteroatoms. The van der Waals surface area contributed by atoms with Crippen LogP contribution in [-0.2, 0) is 0 Å². The van der Waals surface area contributed by atoms with Gasteiger partial charge < -0.3 is 10.8 Å². The smallest absolute Gasteiger partial charge is 0.0476 e. The second-order valence-electron chi connectivity index (χ2n) is 3.63. The van der Waals surface area contributed by atoms with Crippen LogP contribution in [0.25, 0.3) is 0 Å². The third-order valence-corrected chi connectivity index (χ3v) is 2.67. The summed E-state index contributed by atoms with van der Waals surface area (Å²) >= 11 is 0. The molecule has 1 fully saturated rings. The Morgan fingerprint density at radius 3 is 2.70 bits per heavy atom. The number of nitrogens with two attached hydrogens (primary N) is 1. The van der Waals surface area contributed by atoms with Gasteiger partial charge in [-0.05, 0) is 25.7 Å². The summed E-state index contributed by atoms with van der Waals surface area (Å²) in [4.78, 5) is 0. The zero-order valence-electron chi connectivity index (χ0n) is 6.64. The minimum Gasteiger partial charge on any atom is -0.396 e. The summed E-state index contributed by atoms with van der Waals surface area (Å²) in [6.45, 7) is 2.31. The normalized spacial score (nSPS) is 41.7. The van der Waals surface area contributed by atoms with Gasteiger partial charge in [-0.15, -0.1) is 0 Å². The number of hydrogen-bond acceptors (Lipinski definition) is 2. The summed E-state index contributed by atoms with van der Waals surface area (Å²) in [5, 5.41) is 8.95. The van der Waals surface area contributed by atoms with Crippen LogP contribution in [0.1, 0.15) is 32.6 Å². The van der Waals surface area contributed by atoms with Gasteiger partial charge in [0.15, 0.2) is 0 Å². The molecule has 0 aromatic carbocycles. The average molecular weight is 143 g/mol. The summed E-state index contributed by atoms with van der Waals surface area (Å²) in [7, 11) is 0. The maximum absolute atomic E-state index is 8.95. The van der Waals surface area contributed by atoms with E-state index in [1.54, 1.807) is 0 Å². The number of aliphatic hydroxyl groups excluding tert-OH is 1. The van der Waals surface area contributed by atoms with E-state index >= 15 is 0 Å². The van der Waals surface area contributed by atoms with Gasteiger partial charge in [0.05, 0.1) is 0 Å². The summed E-state index contributed by atoms with van der Waals surface area (Å²) < 4.78 is 0. The highest BCUT2D eigenvalue weighted by molar-refractivity contribution is 4.89. The van der Waals surface area contributed by atoms with Gasteiger partial charge in [-0.1, -0.05) is 12.8 Å². The second kappa shape index (κ2) is 2.89. The molecule has 60 valence electrons. The summed E-state index contributed by atoms with van der Waals surface area (Å²) in [5.74, 6) is 0.334. The lowest BCUT2D eigenvalue weighted by molar-refractivity contribution is 0.120. The van der Waals surface area contributed by atoms with Crippen LogP contribution in [0.3, 0.4) is 0 Å². The molecule has 0 bridgehead atoms. The molecule has 0 saturated heterocycles. The third-order valence-electron chi connectivity index (χ3n) is 2.67. The second-order valence-corrected chi connectivity index (χ2v) is 3.63. The average Bonchev–Trinajstić information content (AvgIpc) is 1.87. The Morgan fingerprint density at radius 1 is 1.60 bits per heavy atom. The van der Waals surface area contributed by atoms with Crippen LogP contribution in [0.2, 0.25) is 0 Å². The van der Waals surface area contributed by atoms with E-state index in [0.29, 0.717) is 5.92 Å². The Labute approximate surface area is 62.4 Å². The molecule has 0 spiro atoms. The van der Waals surface area contributed by atoms with Gasteiger partial charge in [-0.2, -0.15) is 0 Å². The topological polar surface area (TPSA) is 46.2 Å². The fourth-order valence-electron chi connectivity index (χ4n) is 1.73. The molecule has 2 nitrogen and oxygen atoms in total. The largest absolute Gasteiger partial charge is 0.396 e. The van der Waals surface area contributed by atoms with Crippen LogP contribution in [-0.4, -0.2) is 17.3 Å².